The second kappa shape index (κ2) is 6.15. The first-order valence-electron chi connectivity index (χ1n) is 5.46. The lowest BCUT2D eigenvalue weighted by Gasteiger charge is -2.37. The molecule has 0 saturated heterocycles. The lowest BCUT2D eigenvalue weighted by Crippen LogP contribution is -2.44. The summed E-state index contributed by atoms with van der Waals surface area (Å²) in [6, 6.07) is 0. The van der Waals surface area contributed by atoms with Gasteiger partial charge >= 0.3 is 0 Å². The molecule has 1 atom stereocenters. The minimum absolute atomic E-state index is 0.0657. The van der Waals surface area contributed by atoms with Crippen LogP contribution in [0.3, 0.4) is 0 Å². The van der Waals surface area contributed by atoms with Crippen molar-refractivity contribution < 1.29 is 4.74 Å². The maximum atomic E-state index is 6.15. The van der Waals surface area contributed by atoms with Crippen LogP contribution in [0.4, 0.5) is 0 Å². The standard InChI is InChI=1S/C11H27N2OP/c1-10(2,8-12-5)14-11(3,4)9-15(7)13-6/h12-13H,8-9H2,1-7H3. The monoisotopic (exact) mass is 234 g/mol. The predicted molar refractivity (Wildman–Crippen MR) is 69.9 cm³/mol. The van der Waals surface area contributed by atoms with Gasteiger partial charge in [-0.2, -0.15) is 0 Å². The fourth-order valence-corrected chi connectivity index (χ4v) is 3.26. The largest absolute Gasteiger partial charge is 0.368 e. The van der Waals surface area contributed by atoms with E-state index in [1.54, 1.807) is 0 Å². The summed E-state index contributed by atoms with van der Waals surface area (Å²) in [7, 11) is 3.85. The van der Waals surface area contributed by atoms with Crippen molar-refractivity contribution in [2.45, 2.75) is 38.9 Å². The molecule has 1 unspecified atom stereocenters. The molecule has 92 valence electrons. The highest BCUT2D eigenvalue weighted by Crippen LogP contribution is 2.33. The van der Waals surface area contributed by atoms with Crippen LogP contribution in [0.1, 0.15) is 27.7 Å². The van der Waals surface area contributed by atoms with Gasteiger partial charge in [-0.3, -0.25) is 5.09 Å². The Balaban J connectivity index is 4.22. The molecule has 0 aliphatic rings. The molecule has 0 amide bonds. The van der Waals surface area contributed by atoms with Crippen LogP contribution >= 0.6 is 8.07 Å². The van der Waals surface area contributed by atoms with Gasteiger partial charge in [0, 0.05) is 12.7 Å². The van der Waals surface area contributed by atoms with E-state index < -0.39 is 0 Å². The lowest BCUT2D eigenvalue weighted by molar-refractivity contribution is -0.107. The maximum absolute atomic E-state index is 6.15. The minimum Gasteiger partial charge on any atom is -0.368 e. The Hall–Kier alpha value is 0.310. The molecule has 4 heteroatoms. The molecule has 15 heavy (non-hydrogen) atoms. The van der Waals surface area contributed by atoms with Gasteiger partial charge in [0.05, 0.1) is 11.2 Å². The van der Waals surface area contributed by atoms with Gasteiger partial charge in [-0.25, -0.2) is 0 Å². The molecule has 0 fully saturated rings. The van der Waals surface area contributed by atoms with Crippen molar-refractivity contribution in [1.82, 2.24) is 10.4 Å². The van der Waals surface area contributed by atoms with Crippen LogP contribution in [0.5, 0.6) is 0 Å². The number of hydrogen-bond acceptors (Lipinski definition) is 3. The van der Waals surface area contributed by atoms with E-state index in [1.807, 2.05) is 14.1 Å². The molecule has 0 aliphatic carbocycles. The van der Waals surface area contributed by atoms with E-state index in [2.05, 4.69) is 44.8 Å². The Bertz CT molecular complexity index is 183. The third kappa shape index (κ3) is 7.24. The van der Waals surface area contributed by atoms with Gasteiger partial charge in [0.25, 0.3) is 0 Å². The molecule has 0 aliphatic heterocycles. The van der Waals surface area contributed by atoms with Crippen molar-refractivity contribution in [3.05, 3.63) is 0 Å². The zero-order chi connectivity index (χ0) is 12.1. The SMILES string of the molecule is CNCC(C)(C)OC(C)(C)CP(C)NC. The minimum atomic E-state index is -0.124. The topological polar surface area (TPSA) is 33.3 Å². The first kappa shape index (κ1) is 15.3. The van der Waals surface area contributed by atoms with Crippen LogP contribution in [-0.4, -0.2) is 44.7 Å². The zero-order valence-electron chi connectivity index (χ0n) is 11.3. The van der Waals surface area contributed by atoms with Gasteiger partial charge in [-0.15, -0.1) is 0 Å². The molecule has 0 rings (SSSR count). The lowest BCUT2D eigenvalue weighted by atomic mass is 10.1. The first-order chi connectivity index (χ1) is 6.72. The van der Waals surface area contributed by atoms with E-state index in [-0.39, 0.29) is 19.3 Å². The third-order valence-corrected chi connectivity index (χ3v) is 4.15. The number of nitrogens with one attached hydrogen (secondary N) is 2. The summed E-state index contributed by atoms with van der Waals surface area (Å²) in [4.78, 5) is 0. The highest BCUT2D eigenvalue weighted by atomic mass is 31.1. The molecule has 2 N–H and O–H groups in total. The molecule has 0 aromatic carbocycles. The van der Waals surface area contributed by atoms with Crippen LogP contribution in [-0.2, 0) is 4.74 Å². The predicted octanol–water partition coefficient (Wildman–Crippen LogP) is 2.03. The van der Waals surface area contributed by atoms with Gasteiger partial charge in [-0.05, 0) is 56.5 Å². The Kier molecular flexibility index (Phi) is 6.27. The van der Waals surface area contributed by atoms with E-state index >= 15 is 0 Å². The molecule has 0 heterocycles. The van der Waals surface area contributed by atoms with Crippen molar-refractivity contribution in [3.8, 4) is 0 Å². The molecule has 0 radical (unpaired) electrons. The third-order valence-electron chi connectivity index (χ3n) is 2.15. The molecular formula is C11H27N2OP. The Morgan fingerprint density at radius 2 is 1.60 bits per heavy atom. The highest BCUT2D eigenvalue weighted by molar-refractivity contribution is 7.54. The molecule has 0 saturated carbocycles. The number of likely N-dealkylation sites (N-methyl/N-ethyl adjacent to an activating group) is 1. The summed E-state index contributed by atoms with van der Waals surface area (Å²) >= 11 is 0. The van der Waals surface area contributed by atoms with Crippen LogP contribution < -0.4 is 10.4 Å². The quantitative estimate of drug-likeness (QED) is 0.661. The smallest absolute Gasteiger partial charge is 0.0757 e. The number of ether oxygens (including phenoxy) is 1. The average Bonchev–Trinajstić information content (AvgIpc) is 2.00. The van der Waals surface area contributed by atoms with Crippen molar-refractivity contribution in [1.29, 1.82) is 0 Å². The molecule has 0 aromatic rings. The van der Waals surface area contributed by atoms with Gasteiger partial charge in [-0.1, -0.05) is 0 Å². The van der Waals surface area contributed by atoms with Crippen LogP contribution in [0.15, 0.2) is 0 Å². The van der Waals surface area contributed by atoms with E-state index in [4.69, 9.17) is 4.74 Å². The van der Waals surface area contributed by atoms with E-state index in [0.29, 0.717) is 0 Å². The Morgan fingerprint density at radius 1 is 1.07 bits per heavy atom. The van der Waals surface area contributed by atoms with Crippen LogP contribution in [0.2, 0.25) is 0 Å². The van der Waals surface area contributed by atoms with Crippen LogP contribution in [0, 0.1) is 0 Å². The van der Waals surface area contributed by atoms with Crippen molar-refractivity contribution in [3.63, 3.8) is 0 Å². The van der Waals surface area contributed by atoms with E-state index in [0.717, 1.165) is 12.7 Å². The Morgan fingerprint density at radius 3 is 2.00 bits per heavy atom. The summed E-state index contributed by atoms with van der Waals surface area (Å²) in [6.07, 6.45) is 1.08. The van der Waals surface area contributed by atoms with E-state index in [1.165, 1.54) is 0 Å². The molecule has 0 aromatic heterocycles. The van der Waals surface area contributed by atoms with Gasteiger partial charge < -0.3 is 10.1 Å². The fourth-order valence-electron chi connectivity index (χ4n) is 1.89. The molecular weight excluding hydrogens is 207 g/mol. The fraction of sp³-hybridized carbons (Fsp3) is 1.00. The highest BCUT2D eigenvalue weighted by Gasteiger charge is 2.29. The van der Waals surface area contributed by atoms with E-state index in [9.17, 15) is 0 Å². The molecule has 0 spiro atoms. The van der Waals surface area contributed by atoms with Gasteiger partial charge in [0.1, 0.15) is 0 Å². The summed E-state index contributed by atoms with van der Waals surface area (Å²) in [5.41, 5.74) is -0.175. The maximum Gasteiger partial charge on any atom is 0.0757 e. The summed E-state index contributed by atoms with van der Waals surface area (Å²) in [5, 5.41) is 6.47. The summed E-state index contributed by atoms with van der Waals surface area (Å²) in [5.74, 6) is 0. The molecule has 3 nitrogen and oxygen atoms in total. The molecule has 0 bridgehead atoms. The number of hydrogen-bond donors (Lipinski definition) is 2. The zero-order valence-corrected chi connectivity index (χ0v) is 12.2. The van der Waals surface area contributed by atoms with Crippen molar-refractivity contribution in [2.75, 3.05) is 33.5 Å². The van der Waals surface area contributed by atoms with Gasteiger partial charge in [0.15, 0.2) is 0 Å². The normalized spacial score (nSPS) is 15.4. The second-order valence-electron chi connectivity index (χ2n) is 5.23. The summed E-state index contributed by atoms with van der Waals surface area (Å²) < 4.78 is 6.15. The average molecular weight is 234 g/mol. The summed E-state index contributed by atoms with van der Waals surface area (Å²) in [6.45, 7) is 11.7. The van der Waals surface area contributed by atoms with Crippen molar-refractivity contribution in [2.24, 2.45) is 0 Å². The number of rotatable bonds is 7. The van der Waals surface area contributed by atoms with Crippen molar-refractivity contribution >= 4 is 8.07 Å². The second-order valence-corrected chi connectivity index (χ2v) is 7.39. The van der Waals surface area contributed by atoms with Crippen LogP contribution in [0.25, 0.3) is 0 Å². The first-order valence-corrected chi connectivity index (χ1v) is 7.43. The Labute approximate surface area is 96.2 Å². The van der Waals surface area contributed by atoms with Gasteiger partial charge in [0.2, 0.25) is 0 Å².